The highest BCUT2D eigenvalue weighted by molar-refractivity contribution is 5.10. The maximum atomic E-state index is 11.5. The van der Waals surface area contributed by atoms with Gasteiger partial charge in [-0.25, -0.2) is 4.79 Å². The molecule has 1 aliphatic rings. The Bertz CT molecular complexity index is 551. The van der Waals surface area contributed by atoms with E-state index in [4.69, 9.17) is 9.84 Å². The standard InChI is InChI=1S/C9H12N2O7/c12-2-4-5(14)6(15)8(18-4)11-1-3(13)7(16)10-9(11)17/h1,4-6,8,12-15H,2H2,(H,10,16,17)/t4-,5+,6-,8+/m0/s1. The van der Waals surface area contributed by atoms with Crippen molar-refractivity contribution >= 4 is 0 Å². The second kappa shape index (κ2) is 4.53. The molecule has 1 aromatic rings. The van der Waals surface area contributed by atoms with E-state index in [0.717, 1.165) is 10.8 Å². The Morgan fingerprint density at radius 2 is 2.00 bits per heavy atom. The lowest BCUT2D eigenvalue weighted by Crippen LogP contribution is -2.37. The van der Waals surface area contributed by atoms with Crippen molar-refractivity contribution < 1.29 is 25.2 Å². The van der Waals surface area contributed by atoms with E-state index >= 15 is 0 Å². The van der Waals surface area contributed by atoms with E-state index in [1.807, 2.05) is 4.98 Å². The molecule has 1 saturated heterocycles. The highest BCUT2D eigenvalue weighted by Crippen LogP contribution is 2.28. The van der Waals surface area contributed by atoms with Gasteiger partial charge >= 0.3 is 5.69 Å². The molecule has 1 fully saturated rings. The summed E-state index contributed by atoms with van der Waals surface area (Å²) < 4.78 is 5.81. The minimum Gasteiger partial charge on any atom is -0.502 e. The van der Waals surface area contributed by atoms with Gasteiger partial charge in [-0.3, -0.25) is 14.3 Å². The van der Waals surface area contributed by atoms with Crippen molar-refractivity contribution in [3.05, 3.63) is 27.0 Å². The van der Waals surface area contributed by atoms with Crippen molar-refractivity contribution in [2.24, 2.45) is 0 Å². The molecular weight excluding hydrogens is 248 g/mol. The molecule has 9 nitrogen and oxygen atoms in total. The van der Waals surface area contributed by atoms with Crippen LogP contribution in [0.1, 0.15) is 6.23 Å². The van der Waals surface area contributed by atoms with Gasteiger partial charge in [0.1, 0.15) is 18.3 Å². The molecule has 0 spiro atoms. The molecule has 2 rings (SSSR count). The van der Waals surface area contributed by atoms with Crippen LogP contribution in [0, 0.1) is 0 Å². The first-order valence-electron chi connectivity index (χ1n) is 5.12. The predicted octanol–water partition coefficient (Wildman–Crippen LogP) is -3.15. The predicted molar refractivity (Wildman–Crippen MR) is 56.0 cm³/mol. The van der Waals surface area contributed by atoms with E-state index in [1.54, 1.807) is 0 Å². The van der Waals surface area contributed by atoms with E-state index in [9.17, 15) is 24.9 Å². The minimum absolute atomic E-state index is 0.543. The fraction of sp³-hybridized carbons (Fsp3) is 0.556. The Kier molecular flexibility index (Phi) is 3.22. The Morgan fingerprint density at radius 1 is 1.33 bits per heavy atom. The van der Waals surface area contributed by atoms with Crippen LogP contribution in [-0.4, -0.2) is 54.9 Å². The zero-order valence-electron chi connectivity index (χ0n) is 9.05. The highest BCUT2D eigenvalue weighted by atomic mass is 16.6. The van der Waals surface area contributed by atoms with Gasteiger partial charge in [-0.05, 0) is 0 Å². The lowest BCUT2D eigenvalue weighted by atomic mass is 10.1. The van der Waals surface area contributed by atoms with Crippen LogP contribution in [0.4, 0.5) is 0 Å². The molecule has 18 heavy (non-hydrogen) atoms. The third-order valence-electron chi connectivity index (χ3n) is 2.74. The molecule has 0 radical (unpaired) electrons. The third kappa shape index (κ3) is 1.93. The maximum Gasteiger partial charge on any atom is 0.330 e. The van der Waals surface area contributed by atoms with Crippen molar-refractivity contribution in [2.75, 3.05) is 6.61 Å². The van der Waals surface area contributed by atoms with Crippen molar-refractivity contribution in [3.8, 4) is 5.75 Å². The third-order valence-corrected chi connectivity index (χ3v) is 2.74. The fourth-order valence-electron chi connectivity index (χ4n) is 1.77. The van der Waals surface area contributed by atoms with Crippen LogP contribution in [0.25, 0.3) is 0 Å². The van der Waals surface area contributed by atoms with E-state index in [1.165, 1.54) is 0 Å². The molecule has 1 aromatic heterocycles. The van der Waals surface area contributed by atoms with Gasteiger partial charge < -0.3 is 25.2 Å². The number of ether oxygens (including phenoxy) is 1. The molecule has 2 heterocycles. The summed E-state index contributed by atoms with van der Waals surface area (Å²) in [6.45, 7) is -0.543. The Morgan fingerprint density at radius 3 is 2.56 bits per heavy atom. The Labute approximate surface area is 99.5 Å². The van der Waals surface area contributed by atoms with E-state index in [-0.39, 0.29) is 0 Å². The quantitative estimate of drug-likeness (QED) is 0.377. The number of hydrogen-bond acceptors (Lipinski definition) is 7. The van der Waals surface area contributed by atoms with Crippen LogP contribution in [0.15, 0.2) is 15.8 Å². The van der Waals surface area contributed by atoms with Gasteiger partial charge in [-0.1, -0.05) is 0 Å². The van der Waals surface area contributed by atoms with Crippen LogP contribution >= 0.6 is 0 Å². The largest absolute Gasteiger partial charge is 0.502 e. The van der Waals surface area contributed by atoms with Crippen molar-refractivity contribution in [2.45, 2.75) is 24.5 Å². The molecule has 100 valence electrons. The zero-order chi connectivity index (χ0) is 13.4. The first kappa shape index (κ1) is 12.8. The van der Waals surface area contributed by atoms with Gasteiger partial charge in [0.2, 0.25) is 0 Å². The molecule has 0 aromatic carbocycles. The molecule has 1 aliphatic heterocycles. The zero-order valence-corrected chi connectivity index (χ0v) is 9.05. The highest BCUT2D eigenvalue weighted by Gasteiger charge is 2.43. The first-order chi connectivity index (χ1) is 8.45. The van der Waals surface area contributed by atoms with Crippen LogP contribution in [0.5, 0.6) is 5.75 Å². The SMILES string of the molecule is O=c1[nH]c(=O)n([C@@H]2O[C@@H](CO)[C@@H](O)[C@@H]2O)cc1O. The average Bonchev–Trinajstić information content (AvgIpc) is 2.61. The van der Waals surface area contributed by atoms with Gasteiger partial charge in [0, 0.05) is 0 Å². The lowest BCUT2D eigenvalue weighted by Gasteiger charge is -2.16. The smallest absolute Gasteiger partial charge is 0.330 e. The van der Waals surface area contributed by atoms with E-state index in [2.05, 4.69) is 0 Å². The second-order valence-corrected chi connectivity index (χ2v) is 3.91. The van der Waals surface area contributed by atoms with Gasteiger partial charge in [-0.15, -0.1) is 0 Å². The number of H-pyrrole nitrogens is 1. The number of aliphatic hydroxyl groups excluding tert-OH is 3. The number of aliphatic hydroxyl groups is 3. The maximum absolute atomic E-state index is 11.5. The summed E-state index contributed by atoms with van der Waals surface area (Å²) in [6.07, 6.45) is -4.40. The molecule has 0 amide bonds. The van der Waals surface area contributed by atoms with Crippen LogP contribution < -0.4 is 11.2 Å². The Hall–Kier alpha value is -1.68. The van der Waals surface area contributed by atoms with Crippen LogP contribution in [0.3, 0.4) is 0 Å². The Balaban J connectivity index is 2.42. The number of rotatable bonds is 2. The first-order valence-corrected chi connectivity index (χ1v) is 5.12. The van der Waals surface area contributed by atoms with Gasteiger partial charge in [0.05, 0.1) is 12.8 Å². The second-order valence-electron chi connectivity index (χ2n) is 3.91. The minimum atomic E-state index is -1.47. The number of aromatic hydroxyl groups is 1. The van der Waals surface area contributed by atoms with Gasteiger partial charge in [0.15, 0.2) is 12.0 Å². The topological polar surface area (TPSA) is 145 Å². The van der Waals surface area contributed by atoms with E-state index in [0.29, 0.717) is 0 Å². The molecule has 0 unspecified atom stereocenters. The van der Waals surface area contributed by atoms with E-state index < -0.39 is 48.1 Å². The van der Waals surface area contributed by atoms with Gasteiger partial charge in [0.25, 0.3) is 5.56 Å². The van der Waals surface area contributed by atoms with Crippen LogP contribution in [0.2, 0.25) is 0 Å². The van der Waals surface area contributed by atoms with Crippen LogP contribution in [-0.2, 0) is 4.74 Å². The summed E-state index contributed by atoms with van der Waals surface area (Å²) in [6, 6.07) is 0. The number of hydrogen-bond donors (Lipinski definition) is 5. The summed E-state index contributed by atoms with van der Waals surface area (Å²) in [5.74, 6) is -0.729. The monoisotopic (exact) mass is 260 g/mol. The summed E-state index contributed by atoms with van der Waals surface area (Å²) >= 11 is 0. The molecule has 5 N–H and O–H groups in total. The van der Waals surface area contributed by atoms with Gasteiger partial charge in [-0.2, -0.15) is 0 Å². The summed E-state index contributed by atoms with van der Waals surface area (Å²) in [5, 5.41) is 37.3. The molecule has 0 bridgehead atoms. The van der Waals surface area contributed by atoms with Crippen molar-refractivity contribution in [1.82, 2.24) is 9.55 Å². The number of aromatic nitrogens is 2. The fourth-order valence-corrected chi connectivity index (χ4v) is 1.77. The molecular formula is C9H12N2O7. The van der Waals surface area contributed by atoms with Crippen molar-refractivity contribution in [1.29, 1.82) is 0 Å². The summed E-state index contributed by atoms with van der Waals surface area (Å²) in [7, 11) is 0. The molecule has 9 heteroatoms. The number of nitrogens with one attached hydrogen (secondary N) is 1. The average molecular weight is 260 g/mol. The number of nitrogens with zero attached hydrogens (tertiary/aromatic N) is 1. The molecule has 0 saturated carbocycles. The number of aromatic amines is 1. The summed E-state index contributed by atoms with van der Waals surface area (Å²) in [4.78, 5) is 24.3. The molecule has 0 aliphatic carbocycles. The lowest BCUT2D eigenvalue weighted by molar-refractivity contribution is -0.0552. The summed E-state index contributed by atoms with van der Waals surface area (Å²) in [5.41, 5.74) is -1.88. The van der Waals surface area contributed by atoms with Crippen molar-refractivity contribution in [3.63, 3.8) is 0 Å². The normalized spacial score (nSPS) is 31.7. The molecule has 4 atom stereocenters.